The Labute approximate surface area is 155 Å². The molecule has 1 aromatic carbocycles. The van der Waals surface area contributed by atoms with Crippen molar-refractivity contribution >= 4 is 16.9 Å². The third-order valence-electron chi connectivity index (χ3n) is 5.88. The molecule has 3 heterocycles. The summed E-state index contributed by atoms with van der Waals surface area (Å²) in [6, 6.07) is 8.39. The van der Waals surface area contributed by atoms with Gasteiger partial charge in [0.2, 0.25) is 0 Å². The summed E-state index contributed by atoms with van der Waals surface area (Å²) in [5.74, 6) is 0.189. The summed E-state index contributed by atoms with van der Waals surface area (Å²) >= 11 is 0. The number of carbonyl (C=O) groups excluding carboxylic acids is 1. The van der Waals surface area contributed by atoms with E-state index in [0.29, 0.717) is 5.92 Å². The van der Waals surface area contributed by atoms with Crippen LogP contribution in [0.4, 0.5) is 0 Å². The fourth-order valence-corrected chi connectivity index (χ4v) is 4.78. The topological polar surface area (TPSA) is 45.3 Å². The van der Waals surface area contributed by atoms with E-state index in [-0.39, 0.29) is 11.9 Å². The molecule has 2 bridgehead atoms. The lowest BCUT2D eigenvalue weighted by molar-refractivity contribution is -0.143. The third-order valence-corrected chi connectivity index (χ3v) is 5.88. The van der Waals surface area contributed by atoms with Crippen molar-refractivity contribution in [3.05, 3.63) is 47.3 Å². The SMILES string of the molecule is CCCC1=CN2CCc3c([nH]c4ccccc34)[C@H](C(=O)OC)CC(C1)C2. The molecule has 1 unspecified atom stereocenters. The van der Waals surface area contributed by atoms with Gasteiger partial charge in [-0.15, -0.1) is 0 Å². The zero-order valence-electron chi connectivity index (χ0n) is 15.8. The maximum absolute atomic E-state index is 12.7. The molecule has 1 aromatic heterocycles. The smallest absolute Gasteiger partial charge is 0.314 e. The number of nitrogens with one attached hydrogen (secondary N) is 1. The first kappa shape index (κ1) is 17.2. The van der Waals surface area contributed by atoms with Crippen LogP contribution in [0.1, 0.15) is 49.8 Å². The minimum Gasteiger partial charge on any atom is -0.469 e. The number of hydrogen-bond donors (Lipinski definition) is 1. The molecule has 2 aromatic rings. The number of aromatic nitrogens is 1. The Kier molecular flexibility index (Phi) is 4.75. The summed E-state index contributed by atoms with van der Waals surface area (Å²) in [5, 5.41) is 1.24. The molecule has 4 rings (SSSR count). The van der Waals surface area contributed by atoms with Gasteiger partial charge in [0, 0.05) is 29.7 Å². The second kappa shape index (κ2) is 7.18. The van der Waals surface area contributed by atoms with Gasteiger partial charge in [-0.2, -0.15) is 0 Å². The molecular formula is C22H28N2O2. The normalized spacial score (nSPS) is 22.8. The molecule has 2 atom stereocenters. The number of allylic oxidation sites excluding steroid dienone is 1. The van der Waals surface area contributed by atoms with Gasteiger partial charge in [0.1, 0.15) is 0 Å². The van der Waals surface area contributed by atoms with Gasteiger partial charge in [0.15, 0.2) is 0 Å². The number of esters is 1. The van der Waals surface area contributed by atoms with Crippen LogP contribution in [0, 0.1) is 5.92 Å². The van der Waals surface area contributed by atoms with E-state index in [4.69, 9.17) is 4.74 Å². The van der Waals surface area contributed by atoms with Crippen LogP contribution in [-0.4, -0.2) is 36.1 Å². The number of H-pyrrole nitrogens is 1. The van der Waals surface area contributed by atoms with Crippen LogP contribution < -0.4 is 0 Å². The first-order valence-electron chi connectivity index (χ1n) is 9.80. The van der Waals surface area contributed by atoms with E-state index >= 15 is 0 Å². The van der Waals surface area contributed by atoms with Crippen molar-refractivity contribution in [1.82, 2.24) is 9.88 Å². The van der Waals surface area contributed by atoms with Crippen LogP contribution in [0.5, 0.6) is 0 Å². The number of hydrogen-bond acceptors (Lipinski definition) is 3. The molecule has 0 aliphatic carbocycles. The Bertz CT molecular complexity index is 836. The average molecular weight is 352 g/mol. The van der Waals surface area contributed by atoms with Crippen LogP contribution in [-0.2, 0) is 16.0 Å². The predicted octanol–water partition coefficient (Wildman–Crippen LogP) is 4.38. The van der Waals surface area contributed by atoms with Crippen molar-refractivity contribution in [2.24, 2.45) is 5.92 Å². The van der Waals surface area contributed by atoms with Gasteiger partial charge in [-0.1, -0.05) is 37.1 Å². The highest BCUT2D eigenvalue weighted by molar-refractivity contribution is 5.88. The third kappa shape index (κ3) is 3.13. The second-order valence-corrected chi connectivity index (χ2v) is 7.73. The number of fused-ring (bicyclic) bond motifs is 5. The highest BCUT2D eigenvalue weighted by Crippen LogP contribution is 2.38. The van der Waals surface area contributed by atoms with E-state index in [1.165, 1.54) is 30.1 Å². The van der Waals surface area contributed by atoms with Gasteiger partial charge in [-0.25, -0.2) is 0 Å². The van der Waals surface area contributed by atoms with E-state index in [1.807, 2.05) is 6.07 Å². The molecular weight excluding hydrogens is 324 g/mol. The summed E-state index contributed by atoms with van der Waals surface area (Å²) in [4.78, 5) is 18.7. The fourth-order valence-electron chi connectivity index (χ4n) is 4.78. The lowest BCUT2D eigenvalue weighted by atomic mass is 9.84. The standard InChI is InChI=1S/C22H28N2O2/c1-3-6-15-11-16-12-19(22(25)26-2)21-18(9-10-24(13-15)14-16)17-7-4-5-8-20(17)23-21/h4-5,7-8,13,16,19,23H,3,6,9-12,14H2,1-2H3/t16?,19-/m1/s1. The van der Waals surface area contributed by atoms with Crippen molar-refractivity contribution in [1.29, 1.82) is 0 Å². The van der Waals surface area contributed by atoms with Crippen molar-refractivity contribution in [2.45, 2.75) is 44.9 Å². The molecule has 1 N–H and O–H groups in total. The number of aromatic amines is 1. The number of carbonyl (C=O) groups is 1. The summed E-state index contributed by atoms with van der Waals surface area (Å²) in [6.45, 7) is 4.29. The van der Waals surface area contributed by atoms with Crippen LogP contribution in [0.15, 0.2) is 36.0 Å². The minimum atomic E-state index is -0.201. The van der Waals surface area contributed by atoms with Gasteiger partial charge < -0.3 is 14.6 Å². The molecule has 0 saturated carbocycles. The monoisotopic (exact) mass is 352 g/mol. The Morgan fingerprint density at radius 2 is 2.19 bits per heavy atom. The lowest BCUT2D eigenvalue weighted by Gasteiger charge is -2.33. The first-order chi connectivity index (χ1) is 12.7. The quantitative estimate of drug-likeness (QED) is 0.834. The van der Waals surface area contributed by atoms with Crippen molar-refractivity contribution < 1.29 is 9.53 Å². The molecule has 2 aliphatic rings. The van der Waals surface area contributed by atoms with Crippen LogP contribution >= 0.6 is 0 Å². The number of benzene rings is 1. The molecule has 138 valence electrons. The van der Waals surface area contributed by atoms with Crippen molar-refractivity contribution in [3.63, 3.8) is 0 Å². The Morgan fingerprint density at radius 1 is 1.35 bits per heavy atom. The maximum atomic E-state index is 12.7. The van der Waals surface area contributed by atoms with E-state index in [9.17, 15) is 4.79 Å². The molecule has 0 radical (unpaired) electrons. The number of para-hydroxylation sites is 1. The maximum Gasteiger partial charge on any atom is 0.314 e. The summed E-state index contributed by atoms with van der Waals surface area (Å²) < 4.78 is 5.20. The van der Waals surface area contributed by atoms with Gasteiger partial charge >= 0.3 is 5.97 Å². The Hall–Kier alpha value is -2.23. The van der Waals surface area contributed by atoms with Crippen molar-refractivity contribution in [2.75, 3.05) is 20.2 Å². The van der Waals surface area contributed by atoms with Crippen LogP contribution in [0.25, 0.3) is 10.9 Å². The number of ether oxygens (including phenoxy) is 1. The largest absolute Gasteiger partial charge is 0.469 e. The molecule has 4 nitrogen and oxygen atoms in total. The van der Waals surface area contributed by atoms with Crippen molar-refractivity contribution in [3.8, 4) is 0 Å². The highest BCUT2D eigenvalue weighted by atomic mass is 16.5. The average Bonchev–Trinajstić information content (AvgIpc) is 3.03. The molecule has 0 fully saturated rings. The van der Waals surface area contributed by atoms with E-state index in [1.54, 1.807) is 0 Å². The number of methoxy groups -OCH3 is 1. The summed E-state index contributed by atoms with van der Waals surface area (Å²) in [7, 11) is 1.51. The predicted molar refractivity (Wildman–Crippen MR) is 104 cm³/mol. The fraction of sp³-hybridized carbons (Fsp3) is 0.500. The molecule has 0 amide bonds. The second-order valence-electron chi connectivity index (χ2n) is 7.73. The first-order valence-corrected chi connectivity index (χ1v) is 9.80. The summed E-state index contributed by atoms with van der Waals surface area (Å²) in [6.07, 6.45) is 7.63. The van der Waals surface area contributed by atoms with Gasteiger partial charge in [-0.3, -0.25) is 4.79 Å². The number of rotatable bonds is 3. The highest BCUT2D eigenvalue weighted by Gasteiger charge is 2.33. The minimum absolute atomic E-state index is 0.113. The molecule has 2 aliphatic heterocycles. The molecule has 26 heavy (non-hydrogen) atoms. The molecule has 0 spiro atoms. The Morgan fingerprint density at radius 3 is 3.00 bits per heavy atom. The van der Waals surface area contributed by atoms with Crippen LogP contribution in [0.2, 0.25) is 0 Å². The van der Waals surface area contributed by atoms with Gasteiger partial charge in [0.25, 0.3) is 0 Å². The summed E-state index contributed by atoms with van der Waals surface area (Å²) in [5.41, 5.74) is 5.01. The van der Waals surface area contributed by atoms with Gasteiger partial charge in [-0.05, 0) is 49.4 Å². The zero-order chi connectivity index (χ0) is 18.1. The lowest BCUT2D eigenvalue weighted by Crippen LogP contribution is -2.32. The zero-order valence-corrected chi connectivity index (χ0v) is 15.8. The Balaban J connectivity index is 1.78. The van der Waals surface area contributed by atoms with E-state index in [0.717, 1.165) is 50.0 Å². The van der Waals surface area contributed by atoms with E-state index in [2.05, 4.69) is 41.2 Å². The molecule has 4 heteroatoms. The van der Waals surface area contributed by atoms with E-state index < -0.39 is 0 Å². The molecule has 0 saturated heterocycles. The van der Waals surface area contributed by atoms with Gasteiger partial charge in [0.05, 0.1) is 13.0 Å². The number of nitrogens with zero attached hydrogens (tertiary/aromatic N) is 1. The van der Waals surface area contributed by atoms with Crippen LogP contribution in [0.3, 0.4) is 0 Å².